The summed E-state index contributed by atoms with van der Waals surface area (Å²) in [5.41, 5.74) is 2.88. The molecule has 0 bridgehead atoms. The van der Waals surface area contributed by atoms with E-state index in [4.69, 9.17) is 9.15 Å². The third kappa shape index (κ3) is 5.63. The maximum absolute atomic E-state index is 12.5. The molecule has 0 radical (unpaired) electrons. The van der Waals surface area contributed by atoms with Crippen molar-refractivity contribution in [2.24, 2.45) is 0 Å². The number of rotatable bonds is 7. The minimum absolute atomic E-state index is 0.0839. The molecule has 158 valence electrons. The summed E-state index contributed by atoms with van der Waals surface area (Å²) in [5.74, 6) is 1.07. The van der Waals surface area contributed by atoms with Crippen LogP contribution in [-0.2, 0) is 10.2 Å². The molecule has 30 heavy (non-hydrogen) atoms. The number of hydrogen-bond acceptors (Lipinski definition) is 6. The van der Waals surface area contributed by atoms with Gasteiger partial charge < -0.3 is 14.5 Å². The molecule has 0 aliphatic carbocycles. The molecule has 3 aromatic rings. The van der Waals surface area contributed by atoms with Gasteiger partial charge in [0.1, 0.15) is 5.75 Å². The molecular formula is C23H27N3O3S. The Morgan fingerprint density at radius 1 is 1.10 bits per heavy atom. The minimum Gasteiger partial charge on any atom is -0.494 e. The van der Waals surface area contributed by atoms with Crippen LogP contribution in [0.4, 0.5) is 5.69 Å². The van der Waals surface area contributed by atoms with E-state index >= 15 is 0 Å². The number of benzene rings is 2. The first-order chi connectivity index (χ1) is 14.3. The van der Waals surface area contributed by atoms with E-state index in [1.165, 1.54) is 17.3 Å². The van der Waals surface area contributed by atoms with Crippen molar-refractivity contribution < 1.29 is 13.9 Å². The van der Waals surface area contributed by atoms with Crippen molar-refractivity contribution in [3.63, 3.8) is 0 Å². The third-order valence-electron chi connectivity index (χ3n) is 4.48. The Labute approximate surface area is 181 Å². The minimum atomic E-state index is -0.395. The zero-order valence-electron chi connectivity index (χ0n) is 17.9. The van der Waals surface area contributed by atoms with Gasteiger partial charge in [-0.1, -0.05) is 44.7 Å². The van der Waals surface area contributed by atoms with Crippen molar-refractivity contribution in [2.45, 2.75) is 50.5 Å². The standard InChI is InChI=1S/C23H27N3O3S/c1-6-28-19-13-11-18(12-14-19)24-20(27)15(2)30-22-26-25-21(29-22)16-7-9-17(10-8-16)23(3,4)5/h7-15H,6H2,1-5H3,(H,24,27)/t15-/m1/s1. The molecule has 1 aromatic heterocycles. The Morgan fingerprint density at radius 2 is 1.77 bits per heavy atom. The van der Waals surface area contributed by atoms with Crippen molar-refractivity contribution in [1.82, 2.24) is 10.2 Å². The molecule has 0 aliphatic heterocycles. The molecule has 1 amide bonds. The maximum Gasteiger partial charge on any atom is 0.277 e. The topological polar surface area (TPSA) is 77.2 Å². The van der Waals surface area contributed by atoms with Crippen LogP contribution < -0.4 is 10.1 Å². The third-order valence-corrected chi connectivity index (χ3v) is 5.42. The van der Waals surface area contributed by atoms with E-state index in [-0.39, 0.29) is 11.3 Å². The highest BCUT2D eigenvalue weighted by atomic mass is 32.2. The van der Waals surface area contributed by atoms with Gasteiger partial charge in [-0.3, -0.25) is 4.79 Å². The summed E-state index contributed by atoms with van der Waals surface area (Å²) in [6, 6.07) is 15.4. The molecule has 3 rings (SSSR count). The molecule has 0 fully saturated rings. The van der Waals surface area contributed by atoms with E-state index in [0.717, 1.165) is 11.3 Å². The summed E-state index contributed by atoms with van der Waals surface area (Å²) >= 11 is 1.23. The van der Waals surface area contributed by atoms with E-state index in [0.29, 0.717) is 23.4 Å². The molecule has 0 saturated carbocycles. The number of aromatic nitrogens is 2. The lowest BCUT2D eigenvalue weighted by atomic mass is 9.87. The molecule has 1 N–H and O–H groups in total. The Morgan fingerprint density at radius 3 is 2.37 bits per heavy atom. The monoisotopic (exact) mass is 425 g/mol. The number of amides is 1. The summed E-state index contributed by atoms with van der Waals surface area (Å²) in [4.78, 5) is 12.5. The fraction of sp³-hybridized carbons (Fsp3) is 0.348. The van der Waals surface area contributed by atoms with Gasteiger partial charge in [0.2, 0.25) is 11.8 Å². The van der Waals surface area contributed by atoms with Crippen LogP contribution in [0.1, 0.15) is 40.2 Å². The predicted octanol–water partition coefficient (Wildman–Crippen LogP) is 5.55. The lowest BCUT2D eigenvalue weighted by molar-refractivity contribution is -0.115. The van der Waals surface area contributed by atoms with Crippen molar-refractivity contribution in [2.75, 3.05) is 11.9 Å². The second-order valence-electron chi connectivity index (χ2n) is 7.91. The van der Waals surface area contributed by atoms with Gasteiger partial charge in [-0.2, -0.15) is 0 Å². The van der Waals surface area contributed by atoms with E-state index < -0.39 is 5.25 Å². The first kappa shape index (κ1) is 21.9. The van der Waals surface area contributed by atoms with Crippen molar-refractivity contribution in [3.8, 4) is 17.2 Å². The van der Waals surface area contributed by atoms with Crippen LogP contribution in [-0.4, -0.2) is 28.0 Å². The van der Waals surface area contributed by atoms with Gasteiger partial charge in [-0.05, 0) is 61.2 Å². The van der Waals surface area contributed by atoms with Crippen molar-refractivity contribution in [3.05, 3.63) is 54.1 Å². The summed E-state index contributed by atoms with van der Waals surface area (Å²) in [6.07, 6.45) is 0. The molecule has 0 aliphatic rings. The van der Waals surface area contributed by atoms with Crippen LogP contribution in [0, 0.1) is 0 Å². The van der Waals surface area contributed by atoms with Crippen LogP contribution in [0.3, 0.4) is 0 Å². The molecular weight excluding hydrogens is 398 g/mol. The Bertz CT molecular complexity index is 976. The maximum atomic E-state index is 12.5. The van der Waals surface area contributed by atoms with Gasteiger partial charge in [0.25, 0.3) is 5.22 Å². The number of nitrogens with one attached hydrogen (secondary N) is 1. The molecule has 2 aromatic carbocycles. The van der Waals surface area contributed by atoms with Gasteiger partial charge in [0, 0.05) is 11.3 Å². The SMILES string of the molecule is CCOc1ccc(NC(=O)[C@@H](C)Sc2nnc(-c3ccc(C(C)(C)C)cc3)o2)cc1. The highest BCUT2D eigenvalue weighted by Crippen LogP contribution is 2.29. The van der Waals surface area contributed by atoms with Crippen LogP contribution >= 0.6 is 11.8 Å². The normalized spacial score (nSPS) is 12.4. The molecule has 0 unspecified atom stereocenters. The van der Waals surface area contributed by atoms with Crippen molar-refractivity contribution in [1.29, 1.82) is 0 Å². The van der Waals surface area contributed by atoms with Crippen LogP contribution in [0.2, 0.25) is 0 Å². The average molecular weight is 426 g/mol. The van der Waals surface area contributed by atoms with Gasteiger partial charge in [0.15, 0.2) is 0 Å². The molecule has 0 spiro atoms. The van der Waals surface area contributed by atoms with Gasteiger partial charge in [-0.25, -0.2) is 0 Å². The van der Waals surface area contributed by atoms with E-state index in [1.54, 1.807) is 6.92 Å². The van der Waals surface area contributed by atoms with Crippen LogP contribution in [0.5, 0.6) is 5.75 Å². The fourth-order valence-corrected chi connectivity index (χ4v) is 3.42. The number of anilines is 1. The second-order valence-corrected chi connectivity index (χ2v) is 9.20. The Balaban J connectivity index is 1.60. The first-order valence-corrected chi connectivity index (χ1v) is 10.8. The fourth-order valence-electron chi connectivity index (χ4n) is 2.74. The summed E-state index contributed by atoms with van der Waals surface area (Å²) < 4.78 is 11.2. The van der Waals surface area contributed by atoms with Crippen LogP contribution in [0.25, 0.3) is 11.5 Å². The van der Waals surface area contributed by atoms with Gasteiger partial charge in [-0.15, -0.1) is 10.2 Å². The predicted molar refractivity (Wildman–Crippen MR) is 120 cm³/mol. The molecule has 0 saturated heterocycles. The molecule has 7 heteroatoms. The van der Waals surface area contributed by atoms with Gasteiger partial charge in [0.05, 0.1) is 11.9 Å². The van der Waals surface area contributed by atoms with E-state index in [1.807, 2.05) is 43.3 Å². The van der Waals surface area contributed by atoms with E-state index in [9.17, 15) is 4.79 Å². The van der Waals surface area contributed by atoms with Crippen molar-refractivity contribution >= 4 is 23.4 Å². The Kier molecular flexibility index (Phi) is 6.82. The number of carbonyl (C=O) groups excluding carboxylic acids is 1. The number of ether oxygens (including phenoxy) is 1. The average Bonchev–Trinajstić information content (AvgIpc) is 3.17. The quantitative estimate of drug-likeness (QED) is 0.500. The van der Waals surface area contributed by atoms with E-state index in [2.05, 4.69) is 48.4 Å². The zero-order valence-corrected chi connectivity index (χ0v) is 18.7. The molecule has 1 atom stereocenters. The lowest BCUT2D eigenvalue weighted by Gasteiger charge is -2.18. The first-order valence-electron chi connectivity index (χ1n) is 9.91. The summed E-state index contributed by atoms with van der Waals surface area (Å²) in [6.45, 7) is 10.8. The second kappa shape index (κ2) is 9.34. The summed E-state index contributed by atoms with van der Waals surface area (Å²) in [7, 11) is 0. The zero-order chi connectivity index (χ0) is 21.7. The largest absolute Gasteiger partial charge is 0.494 e. The number of nitrogens with zero attached hydrogens (tertiary/aromatic N) is 2. The highest BCUT2D eigenvalue weighted by Gasteiger charge is 2.19. The van der Waals surface area contributed by atoms with Gasteiger partial charge >= 0.3 is 0 Å². The lowest BCUT2D eigenvalue weighted by Crippen LogP contribution is -2.22. The highest BCUT2D eigenvalue weighted by molar-refractivity contribution is 8.00. The summed E-state index contributed by atoms with van der Waals surface area (Å²) in [5, 5.41) is 11.0. The Hall–Kier alpha value is -2.80. The molecule has 6 nitrogen and oxygen atoms in total. The number of hydrogen-bond donors (Lipinski definition) is 1. The van der Waals surface area contributed by atoms with Crippen LogP contribution in [0.15, 0.2) is 58.2 Å². The number of carbonyl (C=O) groups is 1. The smallest absolute Gasteiger partial charge is 0.277 e. The number of thioether (sulfide) groups is 1. The molecule has 1 heterocycles.